The minimum Gasteiger partial charge on any atom is -0.490 e. The Morgan fingerprint density at radius 3 is 2.71 bits per heavy atom. The molecular formula is C15H15ClN2O3. The molecule has 0 unspecified atom stereocenters. The Hall–Kier alpha value is -2.27. The largest absolute Gasteiger partial charge is 0.490 e. The van der Waals surface area contributed by atoms with Crippen molar-refractivity contribution in [1.29, 1.82) is 0 Å². The van der Waals surface area contributed by atoms with E-state index in [1.54, 1.807) is 10.5 Å². The number of rotatable bonds is 3. The fourth-order valence-electron chi connectivity index (χ4n) is 2.23. The maximum atomic E-state index is 11.1. The molecule has 21 heavy (non-hydrogen) atoms. The molecule has 2 heterocycles. The summed E-state index contributed by atoms with van der Waals surface area (Å²) in [7, 11) is 0. The van der Waals surface area contributed by atoms with Crippen molar-refractivity contribution in [2.75, 3.05) is 0 Å². The molecule has 0 atom stereocenters. The predicted molar refractivity (Wildman–Crippen MR) is 82.7 cm³/mol. The topological polar surface area (TPSA) is 63.8 Å². The number of carbonyl (C=O) groups is 1. The summed E-state index contributed by atoms with van der Waals surface area (Å²) in [6.45, 7) is 3.90. The van der Waals surface area contributed by atoms with E-state index in [0.29, 0.717) is 11.4 Å². The Morgan fingerprint density at radius 1 is 1.33 bits per heavy atom. The molecule has 0 aliphatic heterocycles. The van der Waals surface area contributed by atoms with E-state index in [9.17, 15) is 4.79 Å². The van der Waals surface area contributed by atoms with Gasteiger partial charge in [0.15, 0.2) is 5.69 Å². The third-order valence-corrected chi connectivity index (χ3v) is 3.00. The Labute approximate surface area is 127 Å². The van der Waals surface area contributed by atoms with E-state index >= 15 is 0 Å². The number of hydrogen-bond acceptors (Lipinski definition) is 3. The number of halogens is 1. The lowest BCUT2D eigenvalue weighted by molar-refractivity contribution is 0.0691. The molecule has 0 amide bonds. The lowest BCUT2D eigenvalue weighted by atomic mass is 10.2. The van der Waals surface area contributed by atoms with Crippen LogP contribution < -0.4 is 4.74 Å². The quantitative estimate of drug-likeness (QED) is 0.805. The number of nitrogens with zero attached hydrogens (tertiary/aromatic N) is 2. The van der Waals surface area contributed by atoms with Crippen molar-refractivity contribution in [2.24, 2.45) is 0 Å². The first-order chi connectivity index (χ1) is 9.56. The first-order valence-electron chi connectivity index (χ1n) is 6.37. The minimum atomic E-state index is -1.04. The smallest absolute Gasteiger partial charge is 0.356 e. The van der Waals surface area contributed by atoms with E-state index in [2.05, 4.69) is 4.98 Å². The van der Waals surface area contributed by atoms with Crippen molar-refractivity contribution >= 4 is 34.9 Å². The minimum absolute atomic E-state index is 0. The second-order valence-corrected chi connectivity index (χ2v) is 4.85. The molecule has 1 aromatic carbocycles. The predicted octanol–water partition coefficient (Wildman–Crippen LogP) is 3.39. The second-order valence-electron chi connectivity index (χ2n) is 4.85. The second kappa shape index (κ2) is 5.61. The average molecular weight is 307 g/mol. The van der Waals surface area contributed by atoms with E-state index in [1.165, 1.54) is 6.20 Å². The molecule has 0 spiro atoms. The Morgan fingerprint density at radius 2 is 2.05 bits per heavy atom. The Bertz CT molecular complexity index is 811. The Kier molecular flexibility index (Phi) is 4.04. The summed E-state index contributed by atoms with van der Waals surface area (Å²) in [5.41, 5.74) is 1.47. The number of fused-ring (bicyclic) bond motifs is 3. The van der Waals surface area contributed by atoms with Crippen LogP contribution in [0.2, 0.25) is 0 Å². The highest BCUT2D eigenvalue weighted by Gasteiger charge is 2.14. The van der Waals surface area contributed by atoms with Gasteiger partial charge in [0.2, 0.25) is 0 Å². The molecule has 5 nitrogen and oxygen atoms in total. The summed E-state index contributed by atoms with van der Waals surface area (Å²) in [6, 6.07) is 9.47. The lowest BCUT2D eigenvalue weighted by Crippen LogP contribution is -2.06. The molecule has 0 saturated heterocycles. The zero-order valence-corrected chi connectivity index (χ0v) is 12.4. The van der Waals surface area contributed by atoms with Gasteiger partial charge in [0.05, 0.1) is 11.6 Å². The van der Waals surface area contributed by atoms with E-state index in [-0.39, 0.29) is 24.2 Å². The monoisotopic (exact) mass is 306 g/mol. The highest BCUT2D eigenvalue weighted by atomic mass is 35.5. The number of benzene rings is 1. The summed E-state index contributed by atoms with van der Waals surface area (Å²) >= 11 is 0. The SMILES string of the molecule is CC(C)Oc1cc2nc(C(=O)O)cn2c2ccccc12.Cl. The summed E-state index contributed by atoms with van der Waals surface area (Å²) in [5.74, 6) is -0.324. The van der Waals surface area contributed by atoms with Gasteiger partial charge in [-0.2, -0.15) is 0 Å². The van der Waals surface area contributed by atoms with E-state index in [0.717, 1.165) is 10.9 Å². The van der Waals surface area contributed by atoms with Crippen LogP contribution in [0.5, 0.6) is 5.75 Å². The van der Waals surface area contributed by atoms with E-state index in [1.807, 2.05) is 38.1 Å². The van der Waals surface area contributed by atoms with Crippen LogP contribution in [0.1, 0.15) is 24.3 Å². The number of imidazole rings is 1. The maximum Gasteiger partial charge on any atom is 0.356 e. The molecule has 1 N–H and O–H groups in total. The van der Waals surface area contributed by atoms with Crippen LogP contribution in [0.3, 0.4) is 0 Å². The molecule has 0 aliphatic rings. The molecule has 0 aliphatic carbocycles. The zero-order valence-electron chi connectivity index (χ0n) is 11.6. The molecule has 110 valence electrons. The van der Waals surface area contributed by atoms with Gasteiger partial charge in [0.25, 0.3) is 0 Å². The van der Waals surface area contributed by atoms with E-state index in [4.69, 9.17) is 9.84 Å². The van der Waals surface area contributed by atoms with Gasteiger partial charge in [-0.1, -0.05) is 12.1 Å². The van der Waals surface area contributed by atoms with Crippen molar-refractivity contribution in [2.45, 2.75) is 20.0 Å². The van der Waals surface area contributed by atoms with Gasteiger partial charge >= 0.3 is 5.97 Å². The molecule has 0 radical (unpaired) electrons. The average Bonchev–Trinajstić information content (AvgIpc) is 2.82. The summed E-state index contributed by atoms with van der Waals surface area (Å²) in [5, 5.41) is 10.00. The van der Waals surface area contributed by atoms with Crippen molar-refractivity contribution in [3.8, 4) is 5.75 Å². The van der Waals surface area contributed by atoms with Gasteiger partial charge in [0.1, 0.15) is 11.4 Å². The van der Waals surface area contributed by atoms with Crippen LogP contribution in [0, 0.1) is 0 Å². The van der Waals surface area contributed by atoms with Crippen molar-refractivity contribution in [1.82, 2.24) is 9.38 Å². The third-order valence-electron chi connectivity index (χ3n) is 3.00. The normalized spacial score (nSPS) is 10.8. The first kappa shape index (κ1) is 15.1. The van der Waals surface area contributed by atoms with Crippen LogP contribution >= 0.6 is 12.4 Å². The number of aromatic carboxylic acids is 1. The summed E-state index contributed by atoms with van der Waals surface area (Å²) in [4.78, 5) is 15.2. The molecule has 6 heteroatoms. The highest BCUT2D eigenvalue weighted by Crippen LogP contribution is 2.28. The van der Waals surface area contributed by atoms with Gasteiger partial charge in [0, 0.05) is 17.6 Å². The molecule has 0 fully saturated rings. The standard InChI is InChI=1S/C15H14N2O3.ClH/c1-9(2)20-13-7-14-16-11(15(18)19)8-17(14)12-6-4-3-5-10(12)13;/h3-9H,1-2H3,(H,18,19);1H. The number of carboxylic acid groups (broad SMARTS) is 1. The first-order valence-corrected chi connectivity index (χ1v) is 6.37. The lowest BCUT2D eigenvalue weighted by Gasteiger charge is -2.13. The summed E-state index contributed by atoms with van der Waals surface area (Å²) in [6.07, 6.45) is 1.56. The van der Waals surface area contributed by atoms with Gasteiger partial charge in [-0.25, -0.2) is 9.78 Å². The fourth-order valence-corrected chi connectivity index (χ4v) is 2.23. The van der Waals surface area contributed by atoms with E-state index < -0.39 is 5.97 Å². The van der Waals surface area contributed by atoms with Gasteiger partial charge in [-0.3, -0.25) is 4.40 Å². The van der Waals surface area contributed by atoms with Gasteiger partial charge in [-0.05, 0) is 26.0 Å². The number of aromatic nitrogens is 2. The van der Waals surface area contributed by atoms with Crippen LogP contribution in [0.4, 0.5) is 0 Å². The van der Waals surface area contributed by atoms with Crippen LogP contribution in [-0.2, 0) is 0 Å². The Balaban J connectivity index is 0.00000161. The van der Waals surface area contributed by atoms with Crippen molar-refractivity contribution < 1.29 is 14.6 Å². The molecule has 3 aromatic rings. The number of carboxylic acids is 1. The number of hydrogen-bond donors (Lipinski definition) is 1. The van der Waals surface area contributed by atoms with Crippen LogP contribution in [-0.4, -0.2) is 26.6 Å². The van der Waals surface area contributed by atoms with Gasteiger partial charge < -0.3 is 9.84 Å². The van der Waals surface area contributed by atoms with Gasteiger partial charge in [-0.15, -0.1) is 12.4 Å². The summed E-state index contributed by atoms with van der Waals surface area (Å²) < 4.78 is 7.57. The molecule has 3 rings (SSSR count). The molecule has 0 bridgehead atoms. The molecule has 2 aromatic heterocycles. The van der Waals surface area contributed by atoms with Crippen LogP contribution in [0.15, 0.2) is 36.5 Å². The highest BCUT2D eigenvalue weighted by molar-refractivity contribution is 5.91. The third kappa shape index (κ3) is 2.64. The fraction of sp³-hybridized carbons (Fsp3) is 0.200. The zero-order chi connectivity index (χ0) is 14.3. The number of para-hydroxylation sites is 1. The van der Waals surface area contributed by atoms with Crippen LogP contribution in [0.25, 0.3) is 16.6 Å². The molecule has 0 saturated carbocycles. The van der Waals surface area contributed by atoms with Crippen molar-refractivity contribution in [3.05, 3.63) is 42.2 Å². The molecular weight excluding hydrogens is 292 g/mol. The maximum absolute atomic E-state index is 11.1. The number of pyridine rings is 1. The number of ether oxygens (including phenoxy) is 1. The van der Waals surface area contributed by atoms with Crippen molar-refractivity contribution in [3.63, 3.8) is 0 Å².